The number of hydrogen-bond acceptors (Lipinski definition) is 5. The Bertz CT molecular complexity index is 1310. The smallest absolute Gasteiger partial charge is 0.259 e. The van der Waals surface area contributed by atoms with E-state index in [-0.39, 0.29) is 23.9 Å². The lowest BCUT2D eigenvalue weighted by Crippen LogP contribution is -2.27. The second-order valence-electron chi connectivity index (χ2n) is 7.18. The predicted octanol–water partition coefficient (Wildman–Crippen LogP) is 4.58. The second kappa shape index (κ2) is 8.69. The molecule has 31 heavy (non-hydrogen) atoms. The summed E-state index contributed by atoms with van der Waals surface area (Å²) in [5.41, 5.74) is 3.85. The van der Waals surface area contributed by atoms with Crippen LogP contribution in [0.5, 0.6) is 0 Å². The zero-order chi connectivity index (χ0) is 22.0. The number of aryl methyl sites for hydroxylation is 2. The number of rotatable bonds is 5. The van der Waals surface area contributed by atoms with Crippen molar-refractivity contribution in [1.29, 1.82) is 0 Å². The van der Waals surface area contributed by atoms with Gasteiger partial charge < -0.3 is 14.4 Å². The molecule has 0 aliphatic rings. The maximum atomic E-state index is 12.5. The molecule has 0 unspecified atom stereocenters. The van der Waals surface area contributed by atoms with Crippen molar-refractivity contribution in [2.45, 2.75) is 20.4 Å². The highest BCUT2D eigenvalue weighted by molar-refractivity contribution is 9.10. The number of carbonyl (C=O) groups excluding carboxylic acids is 1. The molecule has 2 aromatic carbocycles. The van der Waals surface area contributed by atoms with Crippen molar-refractivity contribution < 1.29 is 9.32 Å². The molecule has 0 aliphatic heterocycles. The number of pyridine rings is 1. The lowest BCUT2D eigenvalue weighted by atomic mass is 10.1. The minimum Gasteiger partial charge on any atom is -0.334 e. The Morgan fingerprint density at radius 1 is 1.06 bits per heavy atom. The summed E-state index contributed by atoms with van der Waals surface area (Å²) in [5.74, 6) is 0.404. The molecule has 0 atom stereocenters. The van der Waals surface area contributed by atoms with Gasteiger partial charge in [-0.05, 0) is 55.8 Å². The van der Waals surface area contributed by atoms with Gasteiger partial charge in [0.25, 0.3) is 11.4 Å². The van der Waals surface area contributed by atoms with Crippen LogP contribution in [0.25, 0.3) is 22.8 Å². The van der Waals surface area contributed by atoms with E-state index >= 15 is 0 Å². The van der Waals surface area contributed by atoms with Crippen molar-refractivity contribution in [2.75, 3.05) is 5.32 Å². The van der Waals surface area contributed by atoms with E-state index in [1.165, 1.54) is 10.6 Å². The Balaban J connectivity index is 1.54. The molecule has 0 saturated carbocycles. The molecule has 1 amide bonds. The van der Waals surface area contributed by atoms with Crippen molar-refractivity contribution in [3.63, 3.8) is 0 Å². The molecule has 0 aliphatic carbocycles. The molecule has 4 aromatic rings. The Hall–Kier alpha value is -3.52. The summed E-state index contributed by atoms with van der Waals surface area (Å²) in [6.07, 6.45) is 1.54. The molecule has 156 valence electrons. The monoisotopic (exact) mass is 478 g/mol. The van der Waals surface area contributed by atoms with Crippen LogP contribution in [-0.2, 0) is 11.3 Å². The van der Waals surface area contributed by atoms with E-state index in [2.05, 4.69) is 31.4 Å². The van der Waals surface area contributed by atoms with E-state index in [1.807, 2.05) is 56.3 Å². The van der Waals surface area contributed by atoms with E-state index in [1.54, 1.807) is 12.3 Å². The zero-order valence-electron chi connectivity index (χ0n) is 16.9. The standard InChI is InChI=1S/C23H19BrN4O3/c1-14-3-9-19(15(2)11-14)25-20(29)13-28-12-17(6-10-21(28)30)23-26-22(27-31-23)16-4-7-18(24)8-5-16/h3-12H,13H2,1-2H3,(H,25,29). The Morgan fingerprint density at radius 2 is 1.81 bits per heavy atom. The Kier molecular flexibility index (Phi) is 5.81. The number of nitrogens with zero attached hydrogens (tertiary/aromatic N) is 3. The number of nitrogens with one attached hydrogen (secondary N) is 1. The van der Waals surface area contributed by atoms with Gasteiger partial charge in [0.2, 0.25) is 11.7 Å². The fourth-order valence-electron chi connectivity index (χ4n) is 3.14. The first-order valence-electron chi connectivity index (χ1n) is 9.57. The van der Waals surface area contributed by atoms with Gasteiger partial charge in [0.15, 0.2) is 0 Å². The third-order valence-corrected chi connectivity index (χ3v) is 5.26. The number of carbonyl (C=O) groups is 1. The van der Waals surface area contributed by atoms with Crippen LogP contribution in [-0.4, -0.2) is 20.6 Å². The molecule has 8 heteroatoms. The van der Waals surface area contributed by atoms with Crippen molar-refractivity contribution in [1.82, 2.24) is 14.7 Å². The van der Waals surface area contributed by atoms with Crippen molar-refractivity contribution in [3.8, 4) is 22.8 Å². The minimum absolute atomic E-state index is 0.131. The van der Waals surface area contributed by atoms with Crippen LogP contribution in [0.2, 0.25) is 0 Å². The molecule has 1 N–H and O–H groups in total. The highest BCUT2D eigenvalue weighted by atomic mass is 79.9. The fraction of sp³-hybridized carbons (Fsp3) is 0.130. The summed E-state index contributed by atoms with van der Waals surface area (Å²) in [7, 11) is 0. The molecule has 0 bridgehead atoms. The van der Waals surface area contributed by atoms with Gasteiger partial charge in [-0.15, -0.1) is 0 Å². The number of hydrogen-bond donors (Lipinski definition) is 1. The third-order valence-electron chi connectivity index (χ3n) is 4.73. The van der Waals surface area contributed by atoms with Gasteiger partial charge in [-0.3, -0.25) is 9.59 Å². The van der Waals surface area contributed by atoms with E-state index in [0.29, 0.717) is 11.4 Å². The lowest BCUT2D eigenvalue weighted by Gasteiger charge is -2.10. The molecule has 0 fully saturated rings. The van der Waals surface area contributed by atoms with Crippen LogP contribution in [0.1, 0.15) is 11.1 Å². The average molecular weight is 479 g/mol. The molecule has 0 saturated heterocycles. The van der Waals surface area contributed by atoms with E-state index in [4.69, 9.17) is 4.52 Å². The quantitative estimate of drug-likeness (QED) is 0.453. The fourth-order valence-corrected chi connectivity index (χ4v) is 3.40. The lowest BCUT2D eigenvalue weighted by molar-refractivity contribution is -0.116. The summed E-state index contributed by atoms with van der Waals surface area (Å²) in [5, 5.41) is 6.86. The highest BCUT2D eigenvalue weighted by Gasteiger charge is 2.13. The van der Waals surface area contributed by atoms with E-state index < -0.39 is 0 Å². The Labute approximate surface area is 186 Å². The number of halogens is 1. The summed E-state index contributed by atoms with van der Waals surface area (Å²) >= 11 is 3.39. The summed E-state index contributed by atoms with van der Waals surface area (Å²) in [6, 6.07) is 16.3. The Morgan fingerprint density at radius 3 is 2.55 bits per heavy atom. The first kappa shape index (κ1) is 20.7. The zero-order valence-corrected chi connectivity index (χ0v) is 18.5. The molecule has 2 heterocycles. The topological polar surface area (TPSA) is 90.0 Å². The van der Waals surface area contributed by atoms with Crippen LogP contribution < -0.4 is 10.9 Å². The molecule has 7 nitrogen and oxygen atoms in total. The molecule has 0 spiro atoms. The largest absolute Gasteiger partial charge is 0.334 e. The van der Waals surface area contributed by atoms with Gasteiger partial charge in [-0.2, -0.15) is 4.98 Å². The van der Waals surface area contributed by atoms with Gasteiger partial charge in [0.1, 0.15) is 6.54 Å². The van der Waals surface area contributed by atoms with Crippen LogP contribution in [0.3, 0.4) is 0 Å². The summed E-state index contributed by atoms with van der Waals surface area (Å²) in [4.78, 5) is 29.2. The SMILES string of the molecule is Cc1ccc(NC(=O)Cn2cc(-c3nc(-c4ccc(Br)cc4)no3)ccc2=O)c(C)c1. The first-order valence-corrected chi connectivity index (χ1v) is 10.4. The van der Waals surface area contributed by atoms with Gasteiger partial charge in [0, 0.05) is 28.0 Å². The van der Waals surface area contributed by atoms with Crippen LogP contribution >= 0.6 is 15.9 Å². The molecule has 0 radical (unpaired) electrons. The summed E-state index contributed by atoms with van der Waals surface area (Å²) < 4.78 is 7.64. The highest BCUT2D eigenvalue weighted by Crippen LogP contribution is 2.23. The predicted molar refractivity (Wildman–Crippen MR) is 122 cm³/mol. The number of aromatic nitrogens is 3. The van der Waals surface area contributed by atoms with Gasteiger partial charge in [0.05, 0.1) is 5.56 Å². The molecule has 2 aromatic heterocycles. The minimum atomic E-state index is -0.299. The molecular weight excluding hydrogens is 460 g/mol. The van der Waals surface area contributed by atoms with Crippen LogP contribution in [0, 0.1) is 13.8 Å². The van der Waals surface area contributed by atoms with Gasteiger partial charge in [-0.1, -0.05) is 38.8 Å². The molecule has 4 rings (SSSR count). The normalized spacial score (nSPS) is 10.8. The van der Waals surface area contributed by atoms with E-state index in [9.17, 15) is 9.59 Å². The van der Waals surface area contributed by atoms with E-state index in [0.717, 1.165) is 26.9 Å². The molecular formula is C23H19BrN4O3. The third kappa shape index (κ3) is 4.80. The average Bonchev–Trinajstić information content (AvgIpc) is 3.22. The van der Waals surface area contributed by atoms with Gasteiger partial charge in [-0.25, -0.2) is 0 Å². The van der Waals surface area contributed by atoms with Crippen molar-refractivity contribution >= 4 is 27.5 Å². The number of anilines is 1. The van der Waals surface area contributed by atoms with Crippen molar-refractivity contribution in [3.05, 3.63) is 86.7 Å². The van der Waals surface area contributed by atoms with Crippen LogP contribution in [0.4, 0.5) is 5.69 Å². The number of amides is 1. The first-order chi connectivity index (χ1) is 14.9. The summed E-state index contributed by atoms with van der Waals surface area (Å²) in [6.45, 7) is 3.78. The second-order valence-corrected chi connectivity index (χ2v) is 8.10. The maximum absolute atomic E-state index is 12.5. The van der Waals surface area contributed by atoms with Crippen molar-refractivity contribution in [2.24, 2.45) is 0 Å². The van der Waals surface area contributed by atoms with Gasteiger partial charge >= 0.3 is 0 Å². The van der Waals surface area contributed by atoms with Crippen LogP contribution in [0.15, 0.2) is 74.6 Å². The number of benzene rings is 2. The maximum Gasteiger partial charge on any atom is 0.259 e.